The summed E-state index contributed by atoms with van der Waals surface area (Å²) in [6.45, 7) is 9.34. The second-order valence-electron chi connectivity index (χ2n) is 14.7. The van der Waals surface area contributed by atoms with E-state index in [2.05, 4.69) is 43.4 Å². The van der Waals surface area contributed by atoms with Gasteiger partial charge in [0.2, 0.25) is 17.7 Å². The third kappa shape index (κ3) is 9.44. The van der Waals surface area contributed by atoms with Gasteiger partial charge in [0.1, 0.15) is 30.0 Å². The van der Waals surface area contributed by atoms with Gasteiger partial charge in [-0.3, -0.25) is 39.2 Å². The molecule has 14 nitrogen and oxygen atoms in total. The molecule has 6 rings (SSSR count). The molecule has 2 atom stereocenters. The Morgan fingerprint density at radius 2 is 1.78 bits per heavy atom. The molecule has 3 aliphatic heterocycles. The van der Waals surface area contributed by atoms with E-state index in [4.69, 9.17) is 16.3 Å². The first-order valence-electron chi connectivity index (χ1n) is 18.7. The molecule has 2 unspecified atom stereocenters. The van der Waals surface area contributed by atoms with Crippen molar-refractivity contribution < 1.29 is 37.1 Å². The van der Waals surface area contributed by atoms with Crippen LogP contribution in [0, 0.1) is 11.3 Å². The highest BCUT2D eigenvalue weighted by molar-refractivity contribution is 7.81. The summed E-state index contributed by atoms with van der Waals surface area (Å²) in [6.07, 6.45) is -2.58. The fraction of sp³-hybridized carbons (Fsp3) is 0.436. The maximum absolute atomic E-state index is 13.7. The van der Waals surface area contributed by atoms with E-state index in [1.165, 1.54) is 6.07 Å². The van der Waals surface area contributed by atoms with Crippen LogP contribution in [0.2, 0.25) is 5.02 Å². The number of hydrogen-bond donors (Lipinski definition) is 4. The number of hydrogen-bond acceptors (Lipinski definition) is 12. The zero-order valence-electron chi connectivity index (χ0n) is 32.0. The number of rotatable bonds is 12. The van der Waals surface area contributed by atoms with Gasteiger partial charge in [0.25, 0.3) is 5.91 Å². The van der Waals surface area contributed by atoms with Crippen molar-refractivity contribution in [2.45, 2.75) is 63.3 Å². The average molecular weight is 842 g/mol. The lowest BCUT2D eigenvalue weighted by Gasteiger charge is -2.34. The Morgan fingerprint density at radius 1 is 1.07 bits per heavy atom. The minimum Gasteiger partial charge on any atom is -0.492 e. The molecule has 0 aliphatic carbocycles. The molecule has 58 heavy (non-hydrogen) atoms. The quantitative estimate of drug-likeness (QED) is 0.145. The maximum atomic E-state index is 13.7. The molecule has 1 aromatic heterocycles. The van der Waals surface area contributed by atoms with Gasteiger partial charge in [-0.05, 0) is 74.7 Å². The predicted molar refractivity (Wildman–Crippen MR) is 215 cm³/mol. The topological polar surface area (TPSA) is 163 Å². The lowest BCUT2D eigenvalue weighted by molar-refractivity contribution is -0.138. The SMILES string of the molecule is CCc1cc(N2C(S)N(c3cnc(C#N)c(C(F)(F)F)c3)C(=O)C2(C)C)ccc1OCCN1CCN(CC(=O)Nc2cc(Cl)cc(NC3CCC(=O)NC3=O)c2)CC1. The lowest BCUT2D eigenvalue weighted by Crippen LogP contribution is -2.49. The Kier molecular flexibility index (Phi) is 12.8. The fourth-order valence-electron chi connectivity index (χ4n) is 7.27. The number of piperidine rings is 1. The van der Waals surface area contributed by atoms with Gasteiger partial charge in [-0.1, -0.05) is 18.5 Å². The van der Waals surface area contributed by atoms with E-state index < -0.39 is 46.3 Å². The third-order valence-electron chi connectivity index (χ3n) is 10.3. The van der Waals surface area contributed by atoms with Crippen molar-refractivity contribution in [2.24, 2.45) is 0 Å². The Morgan fingerprint density at radius 3 is 2.45 bits per heavy atom. The van der Waals surface area contributed by atoms with Gasteiger partial charge in [-0.15, -0.1) is 12.6 Å². The first-order chi connectivity index (χ1) is 27.5. The van der Waals surface area contributed by atoms with Crippen molar-refractivity contribution in [3.8, 4) is 11.8 Å². The van der Waals surface area contributed by atoms with Crippen LogP contribution in [0.15, 0.2) is 48.7 Å². The highest BCUT2D eigenvalue weighted by Gasteiger charge is 2.52. The van der Waals surface area contributed by atoms with Gasteiger partial charge in [-0.2, -0.15) is 18.4 Å². The van der Waals surface area contributed by atoms with E-state index in [0.717, 1.165) is 35.8 Å². The number of anilines is 4. The van der Waals surface area contributed by atoms with Gasteiger partial charge in [0, 0.05) is 61.2 Å². The normalized spacial score (nSPS) is 20.2. The Hall–Kier alpha value is -5.09. The first kappa shape index (κ1) is 42.5. The van der Waals surface area contributed by atoms with Crippen LogP contribution < -0.4 is 30.5 Å². The molecular weight excluding hydrogens is 799 g/mol. The number of aromatic nitrogens is 1. The molecule has 3 fully saturated rings. The number of benzene rings is 2. The number of nitrogens with zero attached hydrogens (tertiary/aromatic N) is 6. The number of aryl methyl sites for hydroxylation is 1. The van der Waals surface area contributed by atoms with Crippen molar-refractivity contribution in [3.05, 3.63) is 70.5 Å². The van der Waals surface area contributed by atoms with E-state index in [9.17, 15) is 37.6 Å². The predicted octanol–water partition coefficient (Wildman–Crippen LogP) is 4.89. The van der Waals surface area contributed by atoms with Crippen molar-refractivity contribution in [1.82, 2.24) is 20.1 Å². The monoisotopic (exact) mass is 841 g/mol. The number of amides is 4. The van der Waals surface area contributed by atoms with E-state index in [1.54, 1.807) is 43.0 Å². The molecule has 0 bridgehead atoms. The van der Waals surface area contributed by atoms with Crippen LogP contribution >= 0.6 is 24.2 Å². The number of alkyl halides is 3. The summed E-state index contributed by atoms with van der Waals surface area (Å²) in [5.74, 6) is -0.740. The highest BCUT2D eigenvalue weighted by Crippen LogP contribution is 2.43. The molecular formula is C39H43ClF3N9O5S. The molecule has 2 aromatic carbocycles. The van der Waals surface area contributed by atoms with Crippen molar-refractivity contribution in [2.75, 3.05) is 66.3 Å². The number of thiol groups is 1. The summed E-state index contributed by atoms with van der Waals surface area (Å²) in [5, 5.41) is 17.8. The van der Waals surface area contributed by atoms with Crippen molar-refractivity contribution in [1.29, 1.82) is 5.26 Å². The molecule has 3 aromatic rings. The summed E-state index contributed by atoms with van der Waals surface area (Å²) >= 11 is 11.0. The van der Waals surface area contributed by atoms with E-state index >= 15 is 0 Å². The summed E-state index contributed by atoms with van der Waals surface area (Å²) in [6, 6.07) is 12.1. The van der Waals surface area contributed by atoms with Crippen LogP contribution in [0.1, 0.15) is 50.4 Å². The standard InChI is InChI=1S/C39H43ClF3N9O5S/c1-4-23-15-27(52-37(58)51(36(56)38(52,2)3)28-19-29(39(41,42)43)31(20-44)45-21-28)5-7-32(23)57-14-13-49-9-11-50(12-10-49)22-34(54)47-26-17-24(40)16-25(18-26)46-30-6-8-33(53)48-35(30)55/h5,7,15-19,21,30,37,46,58H,4,6,8-14,22H2,1-3H3,(H,47,54)(H,48,53,55). The fourth-order valence-corrected chi connectivity index (χ4v) is 8.17. The Balaban J connectivity index is 0.999. The molecule has 4 heterocycles. The molecule has 0 radical (unpaired) electrons. The Labute approximate surface area is 344 Å². The van der Waals surface area contributed by atoms with E-state index in [-0.39, 0.29) is 30.5 Å². The van der Waals surface area contributed by atoms with Crippen LogP contribution in [-0.4, -0.2) is 101 Å². The average Bonchev–Trinajstić information content (AvgIpc) is 3.34. The minimum atomic E-state index is -4.84. The molecule has 3 saturated heterocycles. The summed E-state index contributed by atoms with van der Waals surface area (Å²) < 4.78 is 47.4. The number of piperazine rings is 1. The van der Waals surface area contributed by atoms with Gasteiger partial charge in [0.05, 0.1) is 24.0 Å². The lowest BCUT2D eigenvalue weighted by atomic mass is 10.0. The van der Waals surface area contributed by atoms with Crippen LogP contribution in [0.3, 0.4) is 0 Å². The van der Waals surface area contributed by atoms with Crippen LogP contribution in [-0.2, 0) is 31.8 Å². The number of nitrogens with one attached hydrogen (secondary N) is 3. The van der Waals surface area contributed by atoms with Crippen LogP contribution in [0.5, 0.6) is 5.75 Å². The van der Waals surface area contributed by atoms with Crippen molar-refractivity contribution >= 4 is 70.6 Å². The van der Waals surface area contributed by atoms with Gasteiger partial charge < -0.3 is 20.3 Å². The molecule has 0 spiro atoms. The van der Waals surface area contributed by atoms with E-state index in [0.29, 0.717) is 66.9 Å². The highest BCUT2D eigenvalue weighted by atomic mass is 35.5. The van der Waals surface area contributed by atoms with Crippen LogP contribution in [0.25, 0.3) is 0 Å². The molecule has 0 saturated carbocycles. The number of carbonyl (C=O) groups excluding carboxylic acids is 4. The largest absolute Gasteiger partial charge is 0.492 e. The zero-order chi connectivity index (χ0) is 41.9. The molecule has 3 aliphatic rings. The van der Waals surface area contributed by atoms with Crippen molar-refractivity contribution in [3.63, 3.8) is 0 Å². The third-order valence-corrected chi connectivity index (χ3v) is 11.0. The Bertz CT molecular complexity index is 2130. The summed E-state index contributed by atoms with van der Waals surface area (Å²) in [7, 11) is 0. The number of ether oxygens (including phenoxy) is 1. The van der Waals surface area contributed by atoms with Gasteiger partial charge in [0.15, 0.2) is 11.2 Å². The molecule has 308 valence electrons. The first-order valence-corrected chi connectivity index (χ1v) is 19.6. The summed E-state index contributed by atoms with van der Waals surface area (Å²) in [4.78, 5) is 61.1. The number of halogens is 4. The second kappa shape index (κ2) is 17.4. The van der Waals surface area contributed by atoms with E-state index in [1.807, 2.05) is 19.1 Å². The zero-order valence-corrected chi connectivity index (χ0v) is 33.7. The summed E-state index contributed by atoms with van der Waals surface area (Å²) in [5.41, 5.74) is -1.77. The molecule has 4 amide bonds. The van der Waals surface area contributed by atoms with Gasteiger partial charge in [-0.25, -0.2) is 4.98 Å². The number of pyridine rings is 1. The second-order valence-corrected chi connectivity index (χ2v) is 15.6. The van der Waals surface area contributed by atoms with Crippen LogP contribution in [0.4, 0.5) is 35.9 Å². The van der Waals surface area contributed by atoms with Gasteiger partial charge >= 0.3 is 6.18 Å². The number of nitriles is 1. The smallest absolute Gasteiger partial charge is 0.419 e. The number of carbonyl (C=O) groups is 4. The molecule has 3 N–H and O–H groups in total. The maximum Gasteiger partial charge on any atom is 0.419 e. The number of imide groups is 1. The minimum absolute atomic E-state index is 0.124. The molecule has 19 heteroatoms.